The van der Waals surface area contributed by atoms with Gasteiger partial charge in [0, 0.05) is 27.2 Å². The largest absolute Gasteiger partial charge is 0.497 e. The number of benzene rings is 2. The number of esters is 1. The summed E-state index contributed by atoms with van der Waals surface area (Å²) < 4.78 is 31.0. The molecule has 1 heterocycles. The Morgan fingerprint density at radius 1 is 1.00 bits per heavy atom. The first-order chi connectivity index (χ1) is 16.1. The average molecular weight is 509 g/mol. The van der Waals surface area contributed by atoms with E-state index in [4.69, 9.17) is 37.4 Å². The van der Waals surface area contributed by atoms with Gasteiger partial charge in [-0.2, -0.15) is 0 Å². The second kappa shape index (κ2) is 10.3. The van der Waals surface area contributed by atoms with E-state index in [9.17, 15) is 4.79 Å². The van der Waals surface area contributed by atoms with Gasteiger partial charge in [-0.1, -0.05) is 23.2 Å². The Hall–Kier alpha value is -3.30. The number of ether oxygens (including phenoxy) is 3. The van der Waals surface area contributed by atoms with Crippen LogP contribution in [0.2, 0.25) is 10.0 Å². The first kappa shape index (κ1) is 25.3. The van der Waals surface area contributed by atoms with Crippen LogP contribution in [0.15, 0.2) is 30.3 Å². The maximum absolute atomic E-state index is 15.4. The van der Waals surface area contributed by atoms with Crippen LogP contribution >= 0.6 is 23.2 Å². The lowest BCUT2D eigenvalue weighted by Gasteiger charge is -2.23. The van der Waals surface area contributed by atoms with Gasteiger partial charge in [0.2, 0.25) is 0 Å². The van der Waals surface area contributed by atoms with Crippen molar-refractivity contribution in [3.05, 3.63) is 51.9 Å². The summed E-state index contributed by atoms with van der Waals surface area (Å²) in [7, 11) is 9.23. The van der Waals surface area contributed by atoms with Crippen LogP contribution in [0.4, 0.5) is 21.6 Å². The van der Waals surface area contributed by atoms with Crippen LogP contribution < -0.4 is 19.3 Å². The summed E-state index contributed by atoms with van der Waals surface area (Å²) in [4.78, 5) is 24.3. The van der Waals surface area contributed by atoms with E-state index in [1.165, 1.54) is 38.4 Å². The molecule has 0 saturated heterocycles. The Balaban J connectivity index is 2.27. The van der Waals surface area contributed by atoms with E-state index in [0.717, 1.165) is 0 Å². The van der Waals surface area contributed by atoms with Crippen LogP contribution in [0, 0.1) is 5.82 Å². The van der Waals surface area contributed by atoms with Crippen molar-refractivity contribution in [3.63, 3.8) is 0 Å². The zero-order valence-corrected chi connectivity index (χ0v) is 21.0. The highest BCUT2D eigenvalue weighted by atomic mass is 35.5. The molecule has 0 aliphatic rings. The average Bonchev–Trinajstić information content (AvgIpc) is 2.82. The van der Waals surface area contributed by atoms with E-state index < -0.39 is 11.8 Å². The molecule has 0 bridgehead atoms. The Morgan fingerprint density at radius 2 is 1.71 bits per heavy atom. The predicted octanol–water partition coefficient (Wildman–Crippen LogP) is 5.23. The zero-order chi connectivity index (χ0) is 25.2. The monoisotopic (exact) mass is 508 g/mol. The standard InChI is InChI=1S/C23H23Cl2FN4O4/c1-29(2)20-14(24)9-8-13(18(20)26)21-27-19(23(31)34-6)17(25)22(28-21)30(3)15-10-7-12(32-4)11-16(15)33-5/h7-11H,1-6H3. The zero-order valence-electron chi connectivity index (χ0n) is 19.4. The van der Waals surface area contributed by atoms with E-state index in [0.29, 0.717) is 17.2 Å². The SMILES string of the molecule is COC(=O)c1nc(-c2ccc(Cl)c(N(C)C)c2F)nc(N(C)c2ccc(OC)cc2OC)c1Cl. The number of halogens is 3. The van der Waals surface area contributed by atoms with E-state index in [1.807, 2.05) is 0 Å². The second-order valence-electron chi connectivity index (χ2n) is 7.27. The van der Waals surface area contributed by atoms with Crippen molar-refractivity contribution in [1.82, 2.24) is 9.97 Å². The summed E-state index contributed by atoms with van der Waals surface area (Å²) in [5.41, 5.74) is 0.538. The molecule has 2 aromatic carbocycles. The van der Waals surface area contributed by atoms with Gasteiger partial charge < -0.3 is 24.0 Å². The summed E-state index contributed by atoms with van der Waals surface area (Å²) in [6.45, 7) is 0. The Bertz CT molecular complexity index is 1240. The summed E-state index contributed by atoms with van der Waals surface area (Å²) in [5, 5.41) is 0.145. The van der Waals surface area contributed by atoms with Crippen molar-refractivity contribution in [3.8, 4) is 22.9 Å². The van der Waals surface area contributed by atoms with Crippen molar-refractivity contribution in [1.29, 1.82) is 0 Å². The van der Waals surface area contributed by atoms with Gasteiger partial charge in [-0.3, -0.25) is 0 Å². The fourth-order valence-corrected chi connectivity index (χ4v) is 3.91. The molecular weight excluding hydrogens is 486 g/mol. The molecule has 0 unspecified atom stereocenters. The first-order valence-corrected chi connectivity index (χ1v) is 10.7. The first-order valence-electron chi connectivity index (χ1n) is 9.91. The Kier molecular flexibility index (Phi) is 7.68. The summed E-state index contributed by atoms with van der Waals surface area (Å²) in [6, 6.07) is 8.12. The molecule has 34 heavy (non-hydrogen) atoms. The number of aromatic nitrogens is 2. The highest BCUT2D eigenvalue weighted by Gasteiger charge is 2.26. The smallest absolute Gasteiger partial charge is 0.358 e. The lowest BCUT2D eigenvalue weighted by molar-refractivity contribution is 0.0594. The van der Waals surface area contributed by atoms with Crippen molar-refractivity contribution in [2.75, 3.05) is 52.3 Å². The third kappa shape index (κ3) is 4.67. The quantitative estimate of drug-likeness (QED) is 0.401. The summed E-state index contributed by atoms with van der Waals surface area (Å²) in [6.07, 6.45) is 0. The van der Waals surface area contributed by atoms with Gasteiger partial charge in [-0.15, -0.1) is 0 Å². The third-order valence-electron chi connectivity index (χ3n) is 5.03. The van der Waals surface area contributed by atoms with E-state index in [2.05, 4.69) is 9.97 Å². The molecule has 0 aliphatic carbocycles. The minimum absolute atomic E-state index is 0.0336. The van der Waals surface area contributed by atoms with Crippen LogP contribution in [-0.2, 0) is 4.74 Å². The van der Waals surface area contributed by atoms with E-state index in [-0.39, 0.29) is 38.6 Å². The van der Waals surface area contributed by atoms with Crippen molar-refractivity contribution >= 4 is 46.4 Å². The Labute approximate surface area is 206 Å². The van der Waals surface area contributed by atoms with E-state index in [1.54, 1.807) is 44.2 Å². The fraction of sp³-hybridized carbons (Fsp3) is 0.261. The number of rotatable bonds is 7. The van der Waals surface area contributed by atoms with Crippen LogP contribution in [0.5, 0.6) is 11.5 Å². The lowest BCUT2D eigenvalue weighted by atomic mass is 10.1. The predicted molar refractivity (Wildman–Crippen MR) is 131 cm³/mol. The van der Waals surface area contributed by atoms with Gasteiger partial charge in [-0.05, 0) is 24.3 Å². The van der Waals surface area contributed by atoms with Gasteiger partial charge in [0.15, 0.2) is 23.2 Å². The van der Waals surface area contributed by atoms with Crippen LogP contribution in [0.25, 0.3) is 11.4 Å². The molecule has 0 atom stereocenters. The molecular formula is C23H23Cl2FN4O4. The molecule has 1 aromatic heterocycles. The molecule has 0 fully saturated rings. The number of hydrogen-bond acceptors (Lipinski definition) is 8. The molecule has 8 nitrogen and oxygen atoms in total. The normalized spacial score (nSPS) is 10.6. The number of hydrogen-bond donors (Lipinski definition) is 0. The summed E-state index contributed by atoms with van der Waals surface area (Å²) in [5.74, 6) is -0.338. The number of methoxy groups -OCH3 is 3. The molecule has 0 spiro atoms. The lowest BCUT2D eigenvalue weighted by Crippen LogP contribution is -2.18. The maximum atomic E-state index is 15.4. The van der Waals surface area contributed by atoms with Gasteiger partial charge in [-0.25, -0.2) is 19.2 Å². The molecule has 0 amide bonds. The van der Waals surface area contributed by atoms with Crippen molar-refractivity contribution in [2.24, 2.45) is 0 Å². The Morgan fingerprint density at radius 3 is 2.29 bits per heavy atom. The molecule has 180 valence electrons. The molecule has 0 N–H and O–H groups in total. The fourth-order valence-electron chi connectivity index (χ4n) is 3.31. The number of nitrogens with zero attached hydrogens (tertiary/aromatic N) is 4. The van der Waals surface area contributed by atoms with Crippen LogP contribution in [0.1, 0.15) is 10.5 Å². The van der Waals surface area contributed by atoms with Gasteiger partial charge in [0.1, 0.15) is 16.5 Å². The maximum Gasteiger partial charge on any atom is 0.358 e. The van der Waals surface area contributed by atoms with E-state index >= 15 is 4.39 Å². The van der Waals surface area contributed by atoms with Crippen LogP contribution in [-0.4, -0.2) is 58.4 Å². The molecule has 0 saturated carbocycles. The molecule has 0 aliphatic heterocycles. The van der Waals surface area contributed by atoms with Gasteiger partial charge >= 0.3 is 5.97 Å². The highest BCUT2D eigenvalue weighted by molar-refractivity contribution is 6.36. The molecule has 0 radical (unpaired) electrons. The second-order valence-corrected chi connectivity index (χ2v) is 8.06. The topological polar surface area (TPSA) is 77.0 Å². The van der Waals surface area contributed by atoms with Gasteiger partial charge in [0.05, 0.1) is 43.3 Å². The molecule has 3 aromatic rings. The molecule has 11 heteroatoms. The van der Waals surface area contributed by atoms with Crippen LogP contribution in [0.3, 0.4) is 0 Å². The third-order valence-corrected chi connectivity index (χ3v) is 5.69. The number of carbonyl (C=O) groups excluding carboxylic acids is 1. The number of anilines is 3. The number of carbonyl (C=O) groups is 1. The minimum Gasteiger partial charge on any atom is -0.497 e. The molecule has 3 rings (SSSR count). The van der Waals surface area contributed by atoms with Crippen molar-refractivity contribution in [2.45, 2.75) is 0 Å². The van der Waals surface area contributed by atoms with Gasteiger partial charge in [0.25, 0.3) is 0 Å². The minimum atomic E-state index is -0.799. The van der Waals surface area contributed by atoms with Crippen molar-refractivity contribution < 1.29 is 23.4 Å². The highest BCUT2D eigenvalue weighted by Crippen LogP contribution is 2.40. The summed E-state index contributed by atoms with van der Waals surface area (Å²) >= 11 is 12.7.